The standard InChI is InChI=1S/C21H18N2O4S2/c1-14(24)15-5-8-18(9-6-15)29(26,27)22-17-7-4-16-10-11-23(19(16)13-17)21(25)20-3-2-12-28-20/h2-9,12-13,22H,10-11H2,1H3. The molecule has 0 spiro atoms. The number of nitrogens with zero attached hydrogens (tertiary/aromatic N) is 1. The highest BCUT2D eigenvalue weighted by Crippen LogP contribution is 2.33. The minimum absolute atomic E-state index is 0.0644. The molecule has 0 fully saturated rings. The Kier molecular flexibility index (Phi) is 4.97. The van der Waals surface area contributed by atoms with Crippen LogP contribution < -0.4 is 9.62 Å². The Hall–Kier alpha value is -2.97. The van der Waals surface area contributed by atoms with E-state index in [1.807, 2.05) is 17.5 Å². The van der Waals surface area contributed by atoms with Gasteiger partial charge in [0.25, 0.3) is 15.9 Å². The molecular formula is C21H18N2O4S2. The lowest BCUT2D eigenvalue weighted by atomic mass is 10.1. The topological polar surface area (TPSA) is 83.6 Å². The molecule has 29 heavy (non-hydrogen) atoms. The summed E-state index contributed by atoms with van der Waals surface area (Å²) in [5.74, 6) is -0.213. The number of Topliss-reactive ketones (excluding diaryl/α,β-unsaturated/α-hetero) is 1. The average molecular weight is 427 g/mol. The minimum Gasteiger partial charge on any atom is -0.307 e. The summed E-state index contributed by atoms with van der Waals surface area (Å²) in [6.45, 7) is 1.99. The van der Waals surface area contributed by atoms with Crippen molar-refractivity contribution in [3.05, 3.63) is 76.0 Å². The summed E-state index contributed by atoms with van der Waals surface area (Å²) >= 11 is 1.38. The van der Waals surface area contributed by atoms with Crippen LogP contribution in [0.5, 0.6) is 0 Å². The van der Waals surface area contributed by atoms with Gasteiger partial charge in [-0.15, -0.1) is 11.3 Å². The first-order valence-electron chi connectivity index (χ1n) is 8.97. The monoisotopic (exact) mass is 426 g/mol. The van der Waals surface area contributed by atoms with E-state index in [0.717, 1.165) is 17.7 Å². The van der Waals surface area contributed by atoms with Crippen molar-refractivity contribution in [1.29, 1.82) is 0 Å². The Labute approximate surface area is 172 Å². The van der Waals surface area contributed by atoms with Crippen molar-refractivity contribution in [1.82, 2.24) is 0 Å². The zero-order valence-electron chi connectivity index (χ0n) is 15.6. The largest absolute Gasteiger partial charge is 0.307 e. The molecule has 1 amide bonds. The van der Waals surface area contributed by atoms with E-state index in [1.54, 1.807) is 23.1 Å². The summed E-state index contributed by atoms with van der Waals surface area (Å²) in [6, 6.07) is 14.6. The molecule has 0 saturated carbocycles. The van der Waals surface area contributed by atoms with E-state index in [0.29, 0.717) is 22.7 Å². The van der Waals surface area contributed by atoms with Crippen LogP contribution in [0, 0.1) is 0 Å². The second-order valence-corrected chi connectivity index (χ2v) is 9.34. The first-order chi connectivity index (χ1) is 13.8. The van der Waals surface area contributed by atoms with Gasteiger partial charge in [-0.2, -0.15) is 0 Å². The smallest absolute Gasteiger partial charge is 0.268 e. The lowest BCUT2D eigenvalue weighted by Crippen LogP contribution is -2.28. The zero-order chi connectivity index (χ0) is 20.6. The number of amides is 1. The number of ketones is 1. The predicted molar refractivity (Wildman–Crippen MR) is 113 cm³/mol. The summed E-state index contributed by atoms with van der Waals surface area (Å²) in [4.78, 5) is 26.5. The third-order valence-electron chi connectivity index (χ3n) is 4.78. The third-order valence-corrected chi connectivity index (χ3v) is 7.04. The van der Waals surface area contributed by atoms with Crippen LogP contribution in [0.2, 0.25) is 0 Å². The number of rotatable bonds is 5. The fourth-order valence-corrected chi connectivity index (χ4v) is 4.99. The molecule has 1 aliphatic rings. The maximum absolute atomic E-state index is 12.7. The maximum Gasteiger partial charge on any atom is 0.268 e. The van der Waals surface area contributed by atoms with Gasteiger partial charge in [0.1, 0.15) is 0 Å². The lowest BCUT2D eigenvalue weighted by molar-refractivity contribution is 0.0990. The van der Waals surface area contributed by atoms with Crippen LogP contribution in [0.15, 0.2) is 64.9 Å². The maximum atomic E-state index is 12.7. The molecule has 0 bridgehead atoms. The molecule has 3 aromatic rings. The van der Waals surface area contributed by atoms with Gasteiger partial charge in [0.15, 0.2) is 5.78 Å². The summed E-state index contributed by atoms with van der Waals surface area (Å²) in [7, 11) is -3.82. The zero-order valence-corrected chi connectivity index (χ0v) is 17.2. The molecule has 8 heteroatoms. The van der Waals surface area contributed by atoms with Crippen molar-refractivity contribution in [2.45, 2.75) is 18.2 Å². The van der Waals surface area contributed by atoms with Crippen LogP contribution >= 0.6 is 11.3 Å². The Morgan fingerprint density at radius 2 is 1.83 bits per heavy atom. The van der Waals surface area contributed by atoms with E-state index in [4.69, 9.17) is 0 Å². The molecule has 1 aliphatic heterocycles. The molecule has 4 rings (SSSR count). The quantitative estimate of drug-likeness (QED) is 0.626. The SMILES string of the molecule is CC(=O)c1ccc(S(=O)(=O)Nc2ccc3c(c2)N(C(=O)c2cccs2)CC3)cc1. The van der Waals surface area contributed by atoms with Crippen LogP contribution in [0.4, 0.5) is 11.4 Å². The van der Waals surface area contributed by atoms with E-state index in [9.17, 15) is 18.0 Å². The average Bonchev–Trinajstić information content (AvgIpc) is 3.37. The number of anilines is 2. The summed E-state index contributed by atoms with van der Waals surface area (Å²) in [5.41, 5.74) is 2.55. The number of thiophene rings is 1. The molecule has 2 aromatic carbocycles. The van der Waals surface area contributed by atoms with Gasteiger partial charge in [0, 0.05) is 17.8 Å². The van der Waals surface area contributed by atoms with E-state index in [-0.39, 0.29) is 16.6 Å². The molecule has 0 atom stereocenters. The Morgan fingerprint density at radius 3 is 2.48 bits per heavy atom. The number of carbonyl (C=O) groups is 2. The fourth-order valence-electron chi connectivity index (χ4n) is 3.27. The van der Waals surface area contributed by atoms with Crippen molar-refractivity contribution in [3.8, 4) is 0 Å². The predicted octanol–water partition coefficient (Wildman–Crippen LogP) is 3.95. The van der Waals surface area contributed by atoms with Crippen LogP contribution in [0.3, 0.4) is 0 Å². The second-order valence-electron chi connectivity index (χ2n) is 6.71. The molecule has 0 radical (unpaired) electrons. The number of fused-ring (bicyclic) bond motifs is 1. The Morgan fingerprint density at radius 1 is 1.07 bits per heavy atom. The second kappa shape index (κ2) is 7.46. The molecule has 0 saturated heterocycles. The Balaban J connectivity index is 1.60. The molecule has 2 heterocycles. The molecule has 0 unspecified atom stereocenters. The summed E-state index contributed by atoms with van der Waals surface area (Å²) < 4.78 is 28.0. The number of sulfonamides is 1. The highest BCUT2D eigenvalue weighted by Gasteiger charge is 2.27. The van der Waals surface area contributed by atoms with E-state index >= 15 is 0 Å². The van der Waals surface area contributed by atoms with Crippen LogP contribution in [-0.2, 0) is 16.4 Å². The summed E-state index contributed by atoms with van der Waals surface area (Å²) in [6.07, 6.45) is 0.728. The lowest BCUT2D eigenvalue weighted by Gasteiger charge is -2.17. The van der Waals surface area contributed by atoms with Crippen molar-refractivity contribution < 1.29 is 18.0 Å². The number of hydrogen-bond donors (Lipinski definition) is 1. The van der Waals surface area contributed by atoms with Crippen LogP contribution in [-0.4, -0.2) is 26.7 Å². The van der Waals surface area contributed by atoms with E-state index in [2.05, 4.69) is 4.72 Å². The highest BCUT2D eigenvalue weighted by molar-refractivity contribution is 7.92. The number of carbonyl (C=O) groups excluding carboxylic acids is 2. The van der Waals surface area contributed by atoms with Crippen molar-refractivity contribution in [2.24, 2.45) is 0 Å². The van der Waals surface area contributed by atoms with E-state index < -0.39 is 10.0 Å². The van der Waals surface area contributed by atoms with Gasteiger partial charge in [0.2, 0.25) is 0 Å². The number of benzene rings is 2. The molecular weight excluding hydrogens is 408 g/mol. The van der Waals surface area contributed by atoms with Crippen molar-refractivity contribution in [3.63, 3.8) is 0 Å². The minimum atomic E-state index is -3.82. The Bertz CT molecular complexity index is 1180. The first kappa shape index (κ1) is 19.4. The van der Waals surface area contributed by atoms with Gasteiger partial charge in [-0.1, -0.05) is 24.3 Å². The van der Waals surface area contributed by atoms with Gasteiger partial charge in [-0.05, 0) is 54.6 Å². The van der Waals surface area contributed by atoms with Crippen molar-refractivity contribution >= 4 is 44.4 Å². The molecule has 0 aliphatic carbocycles. The van der Waals surface area contributed by atoms with Gasteiger partial charge >= 0.3 is 0 Å². The first-order valence-corrected chi connectivity index (χ1v) is 11.3. The van der Waals surface area contributed by atoms with Gasteiger partial charge < -0.3 is 4.90 Å². The van der Waals surface area contributed by atoms with Crippen LogP contribution in [0.1, 0.15) is 32.5 Å². The van der Waals surface area contributed by atoms with Gasteiger partial charge in [0.05, 0.1) is 15.5 Å². The number of nitrogens with one attached hydrogen (secondary N) is 1. The molecule has 6 nitrogen and oxygen atoms in total. The normalized spacial score (nSPS) is 13.2. The van der Waals surface area contributed by atoms with Crippen molar-refractivity contribution in [2.75, 3.05) is 16.2 Å². The van der Waals surface area contributed by atoms with E-state index in [1.165, 1.54) is 42.5 Å². The van der Waals surface area contributed by atoms with Gasteiger partial charge in [-0.25, -0.2) is 8.42 Å². The molecule has 148 valence electrons. The number of hydrogen-bond acceptors (Lipinski definition) is 5. The summed E-state index contributed by atoms with van der Waals surface area (Å²) in [5, 5.41) is 1.85. The molecule has 1 N–H and O–H groups in total. The highest BCUT2D eigenvalue weighted by atomic mass is 32.2. The fraction of sp³-hybridized carbons (Fsp3) is 0.143. The van der Waals surface area contributed by atoms with Gasteiger partial charge in [-0.3, -0.25) is 14.3 Å². The third kappa shape index (κ3) is 3.81. The molecule has 1 aromatic heterocycles. The van der Waals surface area contributed by atoms with Crippen LogP contribution in [0.25, 0.3) is 0 Å².